The Kier molecular flexibility index (Phi) is 22.9. The minimum atomic E-state index is -1.38. The Hall–Kier alpha value is -4.53. The number of aliphatic carboxylic acids is 1. The lowest BCUT2D eigenvalue weighted by molar-refractivity contribution is -0.149. The van der Waals surface area contributed by atoms with Gasteiger partial charge in [0, 0.05) is 81.1 Å². The molecule has 2 aliphatic rings. The molecule has 1 aromatic carbocycles. The normalized spacial score (nSPS) is 19.9. The zero-order valence-corrected chi connectivity index (χ0v) is 45.5. The summed E-state index contributed by atoms with van der Waals surface area (Å²) in [5, 5.41) is 19.0. The number of benzene rings is 1. The number of rotatable bonds is 29. The first kappa shape index (κ1) is 59.0. The molecule has 20 heteroatoms. The molecular formula is C51H76N6O11S3. The molecule has 2 aliphatic heterocycles. The van der Waals surface area contributed by atoms with Gasteiger partial charge in [0.25, 0.3) is 11.8 Å². The molecule has 2 fully saturated rings. The van der Waals surface area contributed by atoms with E-state index in [4.69, 9.17) is 14.6 Å². The van der Waals surface area contributed by atoms with E-state index >= 15 is 0 Å². The lowest BCUT2D eigenvalue weighted by Gasteiger charge is -2.38. The van der Waals surface area contributed by atoms with Crippen molar-refractivity contribution in [3.05, 3.63) is 52.0 Å². The van der Waals surface area contributed by atoms with Gasteiger partial charge in [0.2, 0.25) is 17.7 Å². The molecule has 0 radical (unpaired) electrons. The molecule has 0 spiro atoms. The third kappa shape index (κ3) is 17.6. The molecule has 71 heavy (non-hydrogen) atoms. The van der Waals surface area contributed by atoms with Crippen LogP contribution in [0.25, 0.3) is 0 Å². The molecule has 2 saturated heterocycles. The van der Waals surface area contributed by atoms with Crippen LogP contribution in [0, 0.1) is 17.8 Å². The van der Waals surface area contributed by atoms with Crippen LogP contribution < -0.4 is 16.0 Å². The largest absolute Gasteiger partial charge is 0.480 e. The second-order valence-electron chi connectivity index (χ2n) is 19.9. The number of nitrogens with zero attached hydrogens (tertiary/aromatic N) is 3. The number of thiazole rings is 1. The van der Waals surface area contributed by atoms with Crippen LogP contribution in [0.4, 0.5) is 0 Å². The summed E-state index contributed by atoms with van der Waals surface area (Å²) < 4.78 is 11.6. The molecule has 1 aromatic heterocycles. The first-order valence-corrected chi connectivity index (χ1v) is 28.0. The number of ether oxygens (including phenoxy) is 2. The number of amides is 5. The van der Waals surface area contributed by atoms with Crippen molar-refractivity contribution < 1.29 is 52.9 Å². The molecule has 394 valence electrons. The van der Waals surface area contributed by atoms with Crippen LogP contribution in [0.15, 0.2) is 35.7 Å². The van der Waals surface area contributed by atoms with E-state index < -0.39 is 72.2 Å². The van der Waals surface area contributed by atoms with Gasteiger partial charge in [-0.1, -0.05) is 86.0 Å². The fourth-order valence-corrected chi connectivity index (χ4v) is 12.5. The Morgan fingerprint density at radius 1 is 1.07 bits per heavy atom. The maximum absolute atomic E-state index is 14.7. The highest BCUT2D eigenvalue weighted by atomic mass is 33.1. The van der Waals surface area contributed by atoms with Crippen LogP contribution in [0.3, 0.4) is 0 Å². The number of carboxylic acids is 1. The first-order valence-electron chi connectivity index (χ1n) is 24.8. The number of carbonyl (C=O) groups excluding carboxylic acids is 7. The lowest BCUT2D eigenvalue weighted by atomic mass is 9.82. The van der Waals surface area contributed by atoms with Gasteiger partial charge in [-0.05, 0) is 76.7 Å². The number of carbonyl (C=O) groups is 8. The van der Waals surface area contributed by atoms with Crippen molar-refractivity contribution in [2.75, 3.05) is 32.9 Å². The smallest absolute Gasteiger partial charge is 0.322 e. The Labute approximate surface area is 431 Å². The monoisotopic (exact) mass is 1040 g/mol. The quantitative estimate of drug-likeness (QED) is 0.0285. The Balaban J connectivity index is 1.45. The van der Waals surface area contributed by atoms with E-state index in [0.29, 0.717) is 50.1 Å². The van der Waals surface area contributed by atoms with E-state index in [1.165, 1.54) is 6.92 Å². The van der Waals surface area contributed by atoms with Gasteiger partial charge in [-0.2, -0.15) is 0 Å². The van der Waals surface area contributed by atoms with Crippen LogP contribution in [0.1, 0.15) is 147 Å². The number of carboxylic acid groups (broad SMARTS) is 1. The van der Waals surface area contributed by atoms with Crippen molar-refractivity contribution >= 4 is 80.2 Å². The summed E-state index contributed by atoms with van der Waals surface area (Å²) >= 11 is 1.13. The molecule has 3 heterocycles. The molecule has 8 atom stereocenters. The van der Waals surface area contributed by atoms with E-state index in [-0.39, 0.29) is 58.6 Å². The molecule has 0 aliphatic carbocycles. The topological polar surface area (TPSA) is 234 Å². The molecule has 2 unspecified atom stereocenters. The van der Waals surface area contributed by atoms with Gasteiger partial charge in [0.05, 0.1) is 12.1 Å². The summed E-state index contributed by atoms with van der Waals surface area (Å²) in [6.45, 7) is 14.8. The number of ketones is 1. The molecule has 0 bridgehead atoms. The zero-order chi connectivity index (χ0) is 52.6. The van der Waals surface area contributed by atoms with Crippen LogP contribution in [0.2, 0.25) is 0 Å². The van der Waals surface area contributed by atoms with Crippen LogP contribution in [-0.2, 0) is 49.5 Å². The molecule has 17 nitrogen and oxygen atoms in total. The van der Waals surface area contributed by atoms with Crippen molar-refractivity contribution in [2.24, 2.45) is 17.8 Å². The Morgan fingerprint density at radius 2 is 1.77 bits per heavy atom. The van der Waals surface area contributed by atoms with E-state index in [1.54, 1.807) is 57.8 Å². The molecule has 2 aromatic rings. The average molecular weight is 1050 g/mol. The fraction of sp³-hybridized carbons (Fsp3) is 0.667. The van der Waals surface area contributed by atoms with Crippen LogP contribution >= 0.6 is 32.9 Å². The highest BCUT2D eigenvalue weighted by Crippen LogP contribution is 2.41. The number of nitrogens with one attached hydrogen (secondary N) is 3. The zero-order valence-electron chi connectivity index (χ0n) is 43.1. The number of aromatic nitrogens is 1. The van der Waals surface area contributed by atoms with Gasteiger partial charge < -0.3 is 40.3 Å². The highest BCUT2D eigenvalue weighted by molar-refractivity contribution is 8.77. The van der Waals surface area contributed by atoms with Gasteiger partial charge in [-0.3, -0.25) is 38.4 Å². The van der Waals surface area contributed by atoms with E-state index in [9.17, 15) is 38.4 Å². The minimum Gasteiger partial charge on any atom is -0.480 e. The second-order valence-corrected chi connectivity index (χ2v) is 23.9. The van der Waals surface area contributed by atoms with Crippen molar-refractivity contribution in [3.8, 4) is 0 Å². The SMILES string of the molecule is CC[C@H](C)[C@H](CC(=O)[C@H]1CCCCN1C(=O)CCCSSC(C)(C)CCC(=O)NC)C(=O)N(C)[C@H](C[C@@H](OC(C)=O)c1nc(C(=O)N[C@@H](Cc2ccccc2)C2OC2(C)C(=O)NCC(=O)O)cs1)C(C)C. The van der Waals surface area contributed by atoms with Gasteiger partial charge in [0.1, 0.15) is 23.4 Å². The number of Topliss-reactive ketones (excluding diaryl/α,β-unsaturated/α-hetero) is 1. The molecule has 5 amide bonds. The first-order chi connectivity index (χ1) is 33.5. The number of epoxide rings is 1. The number of likely N-dealkylation sites (tertiary alicyclic amines) is 1. The van der Waals surface area contributed by atoms with Crippen molar-refractivity contribution in [2.45, 2.75) is 167 Å². The van der Waals surface area contributed by atoms with Gasteiger partial charge in [-0.25, -0.2) is 4.98 Å². The molecular weight excluding hydrogens is 969 g/mol. The highest BCUT2D eigenvalue weighted by Gasteiger charge is 2.62. The van der Waals surface area contributed by atoms with Crippen LogP contribution in [-0.4, -0.2) is 135 Å². The summed E-state index contributed by atoms with van der Waals surface area (Å²) in [7, 11) is 6.74. The second kappa shape index (κ2) is 27.5. The number of piperidine rings is 1. The molecule has 0 saturated carbocycles. The minimum absolute atomic E-state index is 0.0126. The van der Waals surface area contributed by atoms with E-state index in [2.05, 4.69) is 34.8 Å². The third-order valence-electron chi connectivity index (χ3n) is 13.5. The fourth-order valence-electron chi connectivity index (χ4n) is 8.96. The van der Waals surface area contributed by atoms with Gasteiger partial charge in [0.15, 0.2) is 17.5 Å². The van der Waals surface area contributed by atoms with Gasteiger partial charge in [-0.15, -0.1) is 11.3 Å². The number of hydrogen-bond acceptors (Lipinski definition) is 14. The lowest BCUT2D eigenvalue weighted by Crippen LogP contribution is -2.50. The van der Waals surface area contributed by atoms with Crippen molar-refractivity contribution in [3.63, 3.8) is 0 Å². The summed E-state index contributed by atoms with van der Waals surface area (Å²) in [5.41, 5.74) is -0.470. The summed E-state index contributed by atoms with van der Waals surface area (Å²) in [6, 6.07) is 7.53. The predicted octanol–water partition coefficient (Wildman–Crippen LogP) is 6.79. The average Bonchev–Trinajstić information content (AvgIpc) is 3.79. The Morgan fingerprint density at radius 3 is 2.41 bits per heavy atom. The summed E-state index contributed by atoms with van der Waals surface area (Å²) in [6.07, 6.45) is 3.70. The number of esters is 1. The predicted molar refractivity (Wildman–Crippen MR) is 277 cm³/mol. The Bertz CT molecular complexity index is 2160. The molecule has 4 rings (SSSR count). The molecule has 4 N–H and O–H groups in total. The summed E-state index contributed by atoms with van der Waals surface area (Å²) in [5.74, 6) is -3.53. The van der Waals surface area contributed by atoms with Crippen molar-refractivity contribution in [1.82, 2.24) is 30.7 Å². The van der Waals surface area contributed by atoms with Crippen LogP contribution in [0.5, 0.6) is 0 Å². The maximum atomic E-state index is 14.7. The van der Waals surface area contributed by atoms with E-state index in [1.807, 2.05) is 58.0 Å². The summed E-state index contributed by atoms with van der Waals surface area (Å²) in [4.78, 5) is 113. The van der Waals surface area contributed by atoms with Gasteiger partial charge >= 0.3 is 11.9 Å². The third-order valence-corrected chi connectivity index (χ3v) is 17.9. The van der Waals surface area contributed by atoms with Crippen molar-refractivity contribution in [1.29, 1.82) is 0 Å². The maximum Gasteiger partial charge on any atom is 0.322 e. The standard InChI is InChI=1S/C51H76N6O11S3/c1-11-32(4)35(27-40(59)38-20-15-16-24-57(38)43(61)21-17-25-70-71-50(6,7)23-22-42(60)52-9)48(65)56(10)39(31(2)3)28-41(67-33(5)58)47-55-37(30-69-47)46(64)54-36(26-34-18-13-12-14-19-34)45-51(8,68-45)49(66)53-29-44(62)63/h12-14,18-19,30-32,35-36,38-39,41,45H,11,15-17,20-29H2,1-10H3,(H,52,60)(H,53,66)(H,54,64)(H,62,63)/t32-,35-,36-,38+,39+,41+,45?,51?/m0/s1. The van der Waals surface area contributed by atoms with E-state index in [0.717, 1.165) is 41.9 Å². The number of hydrogen-bond donors (Lipinski definition) is 4.